The Hall–Kier alpha value is -1.77. The van der Waals surface area contributed by atoms with E-state index in [0.29, 0.717) is 17.6 Å². The summed E-state index contributed by atoms with van der Waals surface area (Å²) in [4.78, 5) is 17.6. The maximum Gasteiger partial charge on any atom is 0.163 e. The minimum absolute atomic E-state index is 0.220. The molecule has 3 nitrogen and oxygen atoms in total. The molecule has 0 N–H and O–H groups in total. The third-order valence-corrected chi connectivity index (χ3v) is 5.62. The van der Waals surface area contributed by atoms with Crippen molar-refractivity contribution in [2.45, 2.75) is 33.6 Å². The van der Waals surface area contributed by atoms with Gasteiger partial charge in [-0.05, 0) is 36.8 Å². The number of Topliss-reactive ketones (excluding diaryl/α,β-unsaturated/α-hetero) is 1. The molecule has 1 saturated carbocycles. The number of anilines is 1. The highest BCUT2D eigenvalue weighted by molar-refractivity contribution is 5.98. The molecule has 0 spiro atoms. The van der Waals surface area contributed by atoms with Crippen LogP contribution in [-0.2, 0) is 4.79 Å². The Bertz CT molecular complexity index is 585. The summed E-state index contributed by atoms with van der Waals surface area (Å²) in [6.45, 7) is 10.6. The summed E-state index contributed by atoms with van der Waals surface area (Å²) < 4.78 is 0. The van der Waals surface area contributed by atoms with Crippen LogP contribution in [0.2, 0.25) is 0 Å². The van der Waals surface area contributed by atoms with Crippen LogP contribution in [0.15, 0.2) is 42.1 Å². The summed E-state index contributed by atoms with van der Waals surface area (Å²) in [6.07, 6.45) is 4.38. The summed E-state index contributed by atoms with van der Waals surface area (Å²) >= 11 is 0. The number of ketones is 1. The van der Waals surface area contributed by atoms with Gasteiger partial charge in [-0.2, -0.15) is 0 Å². The van der Waals surface area contributed by atoms with Crippen molar-refractivity contribution in [2.24, 2.45) is 17.8 Å². The van der Waals surface area contributed by atoms with Crippen LogP contribution in [-0.4, -0.2) is 36.9 Å². The molecule has 1 heterocycles. The molecule has 0 bridgehead atoms. The van der Waals surface area contributed by atoms with Crippen LogP contribution >= 0.6 is 0 Å². The minimum Gasteiger partial charge on any atom is -0.373 e. The van der Waals surface area contributed by atoms with Gasteiger partial charge in [0.1, 0.15) is 0 Å². The molecular formula is C21H30N2O. The summed E-state index contributed by atoms with van der Waals surface area (Å²) in [6, 6.07) is 10.6. The monoisotopic (exact) mass is 326 g/mol. The number of hydrogen-bond acceptors (Lipinski definition) is 3. The topological polar surface area (TPSA) is 23.6 Å². The highest BCUT2D eigenvalue weighted by Gasteiger charge is 2.33. The van der Waals surface area contributed by atoms with Gasteiger partial charge in [0.2, 0.25) is 0 Å². The van der Waals surface area contributed by atoms with Crippen molar-refractivity contribution in [3.63, 3.8) is 0 Å². The highest BCUT2D eigenvalue weighted by Crippen LogP contribution is 2.34. The average Bonchev–Trinajstić information content (AvgIpc) is 2.59. The van der Waals surface area contributed by atoms with E-state index in [4.69, 9.17) is 0 Å². The van der Waals surface area contributed by atoms with E-state index >= 15 is 0 Å². The van der Waals surface area contributed by atoms with Gasteiger partial charge >= 0.3 is 0 Å². The van der Waals surface area contributed by atoms with Crippen LogP contribution < -0.4 is 4.90 Å². The number of benzene rings is 1. The van der Waals surface area contributed by atoms with Gasteiger partial charge in [-0.25, -0.2) is 0 Å². The van der Waals surface area contributed by atoms with E-state index in [1.54, 1.807) is 0 Å². The van der Waals surface area contributed by atoms with Gasteiger partial charge in [0, 0.05) is 49.6 Å². The first kappa shape index (κ1) is 17.1. The molecule has 1 aliphatic carbocycles. The Morgan fingerprint density at radius 3 is 2.33 bits per heavy atom. The Morgan fingerprint density at radius 1 is 1.04 bits per heavy atom. The normalized spacial score (nSPS) is 27.2. The first-order valence-corrected chi connectivity index (χ1v) is 9.36. The third-order valence-electron chi connectivity index (χ3n) is 5.62. The lowest BCUT2D eigenvalue weighted by Crippen LogP contribution is -2.44. The molecule has 0 aromatic heterocycles. The summed E-state index contributed by atoms with van der Waals surface area (Å²) in [7, 11) is 0. The lowest BCUT2D eigenvalue weighted by atomic mass is 9.74. The van der Waals surface area contributed by atoms with Crippen LogP contribution in [0.4, 0.5) is 5.69 Å². The van der Waals surface area contributed by atoms with E-state index < -0.39 is 0 Å². The van der Waals surface area contributed by atoms with E-state index in [-0.39, 0.29) is 5.92 Å². The second-order valence-electron chi connectivity index (χ2n) is 7.64. The molecule has 0 radical (unpaired) electrons. The fourth-order valence-corrected chi connectivity index (χ4v) is 3.94. The zero-order chi connectivity index (χ0) is 17.1. The predicted octanol–water partition coefficient (Wildman–Crippen LogP) is 3.96. The smallest absolute Gasteiger partial charge is 0.163 e. The number of para-hydroxylation sites is 1. The molecule has 0 amide bonds. The van der Waals surface area contributed by atoms with Gasteiger partial charge in [0.15, 0.2) is 5.78 Å². The van der Waals surface area contributed by atoms with Gasteiger partial charge in [-0.15, -0.1) is 0 Å². The summed E-state index contributed by atoms with van der Waals surface area (Å²) in [5, 5.41) is 0. The van der Waals surface area contributed by atoms with E-state index in [2.05, 4.69) is 67.1 Å². The average molecular weight is 326 g/mol. The molecule has 2 atom stereocenters. The lowest BCUT2D eigenvalue weighted by molar-refractivity contribution is -0.122. The van der Waals surface area contributed by atoms with Gasteiger partial charge < -0.3 is 9.80 Å². The first-order valence-electron chi connectivity index (χ1n) is 9.36. The van der Waals surface area contributed by atoms with E-state index in [9.17, 15) is 4.79 Å². The maximum atomic E-state index is 12.8. The van der Waals surface area contributed by atoms with Crippen molar-refractivity contribution in [1.82, 2.24) is 4.90 Å². The number of allylic oxidation sites excluding steroid dienone is 1. The standard InChI is InChI=1S/C21H30N2O/c1-16(2)19-10-9-17(3)20(21(19)24)15-22-11-13-23(14-12-22)18-7-5-4-6-8-18/h4-8,15-17,19H,9-14H2,1-3H3/b20-15+. The van der Waals surface area contributed by atoms with Gasteiger partial charge in [0.05, 0.1) is 0 Å². The van der Waals surface area contributed by atoms with Crippen LogP contribution in [0.1, 0.15) is 33.6 Å². The van der Waals surface area contributed by atoms with E-state index in [0.717, 1.165) is 44.6 Å². The van der Waals surface area contributed by atoms with Crippen LogP contribution in [0.25, 0.3) is 0 Å². The fourth-order valence-electron chi connectivity index (χ4n) is 3.94. The SMILES string of the molecule is CC1CCC(C(C)C)C(=O)/C1=C/N1CCN(c2ccccc2)CC1. The molecule has 1 aliphatic heterocycles. The van der Waals surface area contributed by atoms with Gasteiger partial charge in [-0.3, -0.25) is 4.79 Å². The Balaban J connectivity index is 1.65. The largest absolute Gasteiger partial charge is 0.373 e. The quantitative estimate of drug-likeness (QED) is 0.786. The molecule has 130 valence electrons. The van der Waals surface area contributed by atoms with Crippen molar-refractivity contribution < 1.29 is 4.79 Å². The van der Waals surface area contributed by atoms with Crippen LogP contribution in [0, 0.1) is 17.8 Å². The van der Waals surface area contributed by atoms with Gasteiger partial charge in [-0.1, -0.05) is 39.0 Å². The maximum absolute atomic E-state index is 12.8. The fraction of sp³-hybridized carbons (Fsp3) is 0.571. The molecule has 24 heavy (non-hydrogen) atoms. The number of rotatable bonds is 3. The van der Waals surface area contributed by atoms with E-state index in [1.165, 1.54) is 5.69 Å². The van der Waals surface area contributed by atoms with Crippen molar-refractivity contribution in [1.29, 1.82) is 0 Å². The molecule has 2 aliphatic rings. The van der Waals surface area contributed by atoms with Gasteiger partial charge in [0.25, 0.3) is 0 Å². The molecule has 1 aromatic carbocycles. The third kappa shape index (κ3) is 3.66. The molecule has 1 saturated heterocycles. The Kier molecular flexibility index (Phi) is 5.27. The zero-order valence-corrected chi connectivity index (χ0v) is 15.2. The number of carbonyl (C=O) groups is 1. The molecule has 2 fully saturated rings. The number of carbonyl (C=O) groups excluding carboxylic acids is 1. The number of nitrogens with zero attached hydrogens (tertiary/aromatic N) is 2. The second-order valence-corrected chi connectivity index (χ2v) is 7.64. The minimum atomic E-state index is 0.220. The predicted molar refractivity (Wildman–Crippen MR) is 100 cm³/mol. The Morgan fingerprint density at radius 2 is 1.71 bits per heavy atom. The first-order chi connectivity index (χ1) is 11.6. The molecule has 2 unspecified atom stereocenters. The molecule has 1 aromatic rings. The number of piperazine rings is 1. The van der Waals surface area contributed by atoms with Crippen LogP contribution in [0.5, 0.6) is 0 Å². The Labute approximate surface area is 146 Å². The lowest BCUT2D eigenvalue weighted by Gasteiger charge is -2.37. The molecule has 3 rings (SSSR count). The van der Waals surface area contributed by atoms with Crippen molar-refractivity contribution >= 4 is 11.5 Å². The zero-order valence-electron chi connectivity index (χ0n) is 15.2. The van der Waals surface area contributed by atoms with Crippen molar-refractivity contribution in [3.8, 4) is 0 Å². The highest BCUT2D eigenvalue weighted by atomic mass is 16.1. The van der Waals surface area contributed by atoms with E-state index in [1.807, 2.05) is 0 Å². The molecule has 3 heteroatoms. The summed E-state index contributed by atoms with van der Waals surface area (Å²) in [5.74, 6) is 1.47. The van der Waals surface area contributed by atoms with Crippen molar-refractivity contribution in [2.75, 3.05) is 31.1 Å². The van der Waals surface area contributed by atoms with Crippen LogP contribution in [0.3, 0.4) is 0 Å². The molecular weight excluding hydrogens is 296 g/mol. The summed E-state index contributed by atoms with van der Waals surface area (Å²) in [5.41, 5.74) is 2.36. The van der Waals surface area contributed by atoms with Crippen molar-refractivity contribution in [3.05, 3.63) is 42.1 Å². The number of hydrogen-bond donors (Lipinski definition) is 0. The second kappa shape index (κ2) is 7.42.